The fraction of sp³-hybridized carbons (Fsp3) is 0.143. The normalized spacial score (nSPS) is 9.00. The van der Waals surface area contributed by atoms with Gasteiger partial charge in [0.25, 0.3) is 0 Å². The van der Waals surface area contributed by atoms with Crippen LogP contribution in [0.5, 0.6) is 0 Å². The fourth-order valence-electron chi connectivity index (χ4n) is 0.535. The number of carbonyl (C=O) groups is 1. The van der Waals surface area contributed by atoms with Crippen molar-refractivity contribution in [3.63, 3.8) is 0 Å². The zero-order valence-electron chi connectivity index (χ0n) is 5.09. The Bertz CT molecular complexity index is 205. The molecule has 0 spiro atoms. The molecule has 0 atom stereocenters. The minimum Gasteiger partial charge on any atom is -0.295 e. The van der Waals surface area contributed by atoms with Crippen molar-refractivity contribution < 1.29 is 4.79 Å². The van der Waals surface area contributed by atoms with Crippen molar-refractivity contribution in [1.29, 1.82) is 0 Å². The molecule has 1 aromatic heterocycles. The first-order valence-electron chi connectivity index (χ1n) is 2.64. The molecule has 0 aliphatic heterocycles. The van der Waals surface area contributed by atoms with Crippen molar-refractivity contribution >= 4 is 5.78 Å². The van der Waals surface area contributed by atoms with Gasteiger partial charge in [-0.3, -0.25) is 9.78 Å². The van der Waals surface area contributed by atoms with Gasteiger partial charge in [-0.25, -0.2) is 0 Å². The van der Waals surface area contributed by atoms with Crippen molar-refractivity contribution in [2.24, 2.45) is 0 Å². The maximum absolute atomic E-state index is 10.6. The zero-order chi connectivity index (χ0) is 6.69. The van der Waals surface area contributed by atoms with Crippen molar-refractivity contribution in [2.45, 2.75) is 6.92 Å². The summed E-state index contributed by atoms with van der Waals surface area (Å²) in [5.41, 5.74) is 0.657. The van der Waals surface area contributed by atoms with Crippen molar-refractivity contribution in [1.82, 2.24) is 4.98 Å². The van der Waals surface area contributed by atoms with Crippen molar-refractivity contribution in [3.8, 4) is 0 Å². The summed E-state index contributed by atoms with van der Waals surface area (Å²) in [4.78, 5) is 14.2. The molecule has 0 aliphatic carbocycles. The molecule has 2 nitrogen and oxygen atoms in total. The second kappa shape index (κ2) is 2.40. The van der Waals surface area contributed by atoms with Gasteiger partial charge in [-0.15, -0.1) is 0 Å². The summed E-state index contributed by atoms with van der Waals surface area (Å²) < 4.78 is 0. The van der Waals surface area contributed by atoms with Gasteiger partial charge in [0.2, 0.25) is 0 Å². The lowest BCUT2D eigenvalue weighted by atomic mass is 10.2. The number of aromatic nitrogens is 1. The molecular formula is C7H6NO. The molecule has 0 unspecified atom stereocenters. The van der Waals surface area contributed by atoms with E-state index in [-0.39, 0.29) is 5.78 Å². The Morgan fingerprint density at radius 2 is 2.56 bits per heavy atom. The molecule has 0 bridgehead atoms. The van der Waals surface area contributed by atoms with Crippen LogP contribution >= 0.6 is 0 Å². The molecule has 0 saturated carbocycles. The lowest BCUT2D eigenvalue weighted by Gasteiger charge is -1.88. The molecule has 0 fully saturated rings. The maximum Gasteiger partial charge on any atom is 0.159 e. The van der Waals surface area contributed by atoms with Gasteiger partial charge in [-0.1, -0.05) is 0 Å². The Kier molecular flexibility index (Phi) is 1.58. The van der Waals surface area contributed by atoms with Crippen LogP contribution in [0.2, 0.25) is 0 Å². The maximum atomic E-state index is 10.6. The van der Waals surface area contributed by atoms with Crippen LogP contribution in [0.4, 0.5) is 0 Å². The number of pyridine rings is 1. The Morgan fingerprint density at radius 3 is 2.89 bits per heavy atom. The highest BCUT2D eigenvalue weighted by atomic mass is 16.1. The second-order valence-corrected chi connectivity index (χ2v) is 1.73. The van der Waals surface area contributed by atoms with E-state index in [4.69, 9.17) is 0 Å². The smallest absolute Gasteiger partial charge is 0.159 e. The molecule has 1 rings (SSSR count). The molecule has 0 saturated heterocycles. The molecule has 1 aromatic rings. The van der Waals surface area contributed by atoms with Gasteiger partial charge in [0.15, 0.2) is 5.78 Å². The Balaban J connectivity index is 2.98. The standard InChI is InChI=1S/C7H6NO/c1-6(9)7-2-4-8-5-3-7/h2-4H,1H3. The summed E-state index contributed by atoms with van der Waals surface area (Å²) in [5.74, 6) is 0.0497. The number of rotatable bonds is 1. The molecule has 1 radical (unpaired) electrons. The first-order chi connectivity index (χ1) is 4.30. The number of hydrogen-bond acceptors (Lipinski definition) is 2. The van der Waals surface area contributed by atoms with Crippen LogP contribution in [-0.4, -0.2) is 10.8 Å². The summed E-state index contributed by atoms with van der Waals surface area (Å²) >= 11 is 0. The quantitative estimate of drug-likeness (QED) is 0.519. The number of hydrogen-bond donors (Lipinski definition) is 0. The van der Waals surface area contributed by atoms with Gasteiger partial charge in [-0.2, -0.15) is 0 Å². The Morgan fingerprint density at radius 1 is 1.78 bits per heavy atom. The molecule has 9 heavy (non-hydrogen) atoms. The van der Waals surface area contributed by atoms with Crippen LogP contribution in [0.25, 0.3) is 0 Å². The molecule has 0 N–H and O–H groups in total. The topological polar surface area (TPSA) is 30.0 Å². The van der Waals surface area contributed by atoms with Crippen LogP contribution in [-0.2, 0) is 0 Å². The van der Waals surface area contributed by atoms with Crippen LogP contribution < -0.4 is 0 Å². The zero-order valence-corrected chi connectivity index (χ0v) is 5.09. The van der Waals surface area contributed by atoms with Gasteiger partial charge in [-0.05, 0) is 19.1 Å². The van der Waals surface area contributed by atoms with Gasteiger partial charge in [0.05, 0.1) is 6.20 Å². The number of Topliss-reactive ketones (excluding diaryl/α,β-unsaturated/α-hetero) is 1. The van der Waals surface area contributed by atoms with Crippen molar-refractivity contribution in [3.05, 3.63) is 30.1 Å². The molecule has 0 aromatic carbocycles. The summed E-state index contributed by atoms with van der Waals surface area (Å²) in [5, 5.41) is 0. The van der Waals surface area contributed by atoms with Gasteiger partial charge in [0, 0.05) is 11.8 Å². The van der Waals surface area contributed by atoms with E-state index in [9.17, 15) is 4.79 Å². The van der Waals surface area contributed by atoms with E-state index in [0.717, 1.165) is 0 Å². The third kappa shape index (κ3) is 1.35. The summed E-state index contributed by atoms with van der Waals surface area (Å²) in [6, 6.07) is 3.24. The van der Waals surface area contributed by atoms with Crippen LogP contribution in [0.15, 0.2) is 18.3 Å². The number of nitrogens with zero attached hydrogens (tertiary/aromatic N) is 1. The lowest BCUT2D eigenvalue weighted by Crippen LogP contribution is -1.90. The first-order valence-corrected chi connectivity index (χ1v) is 2.64. The van der Waals surface area contributed by atoms with Gasteiger partial charge >= 0.3 is 0 Å². The average molecular weight is 120 g/mol. The summed E-state index contributed by atoms with van der Waals surface area (Å²) in [6.45, 7) is 1.52. The van der Waals surface area contributed by atoms with E-state index >= 15 is 0 Å². The largest absolute Gasteiger partial charge is 0.295 e. The summed E-state index contributed by atoms with van der Waals surface area (Å²) in [7, 11) is 0. The van der Waals surface area contributed by atoms with Crippen molar-refractivity contribution in [2.75, 3.05) is 0 Å². The molecule has 1 heterocycles. The monoisotopic (exact) mass is 120 g/mol. The molecule has 2 heteroatoms. The minimum absolute atomic E-state index is 0.0497. The van der Waals surface area contributed by atoms with E-state index in [1.54, 1.807) is 18.3 Å². The SMILES string of the molecule is CC(=O)c1c[c]ncc1. The fourth-order valence-corrected chi connectivity index (χ4v) is 0.535. The second-order valence-electron chi connectivity index (χ2n) is 1.73. The van der Waals surface area contributed by atoms with E-state index < -0.39 is 0 Å². The van der Waals surface area contributed by atoms with Gasteiger partial charge < -0.3 is 0 Å². The highest BCUT2D eigenvalue weighted by Crippen LogP contribution is 1.94. The highest BCUT2D eigenvalue weighted by molar-refractivity contribution is 5.93. The number of ketones is 1. The predicted octanol–water partition coefficient (Wildman–Crippen LogP) is 1.08. The molecule has 45 valence electrons. The Labute approximate surface area is 53.5 Å². The van der Waals surface area contributed by atoms with Crippen LogP contribution in [0, 0.1) is 6.20 Å². The minimum atomic E-state index is 0.0497. The van der Waals surface area contributed by atoms with Crippen LogP contribution in [0.1, 0.15) is 17.3 Å². The number of carbonyl (C=O) groups excluding carboxylic acids is 1. The molecule has 0 aliphatic rings. The first kappa shape index (κ1) is 5.95. The van der Waals surface area contributed by atoms with E-state index in [1.165, 1.54) is 6.92 Å². The van der Waals surface area contributed by atoms with E-state index in [1.807, 2.05) is 0 Å². The van der Waals surface area contributed by atoms with E-state index in [0.29, 0.717) is 5.56 Å². The van der Waals surface area contributed by atoms with E-state index in [2.05, 4.69) is 11.2 Å². The third-order valence-electron chi connectivity index (χ3n) is 1.03. The lowest BCUT2D eigenvalue weighted by molar-refractivity contribution is 0.101. The molecule has 0 amide bonds. The van der Waals surface area contributed by atoms with Gasteiger partial charge in [0.1, 0.15) is 0 Å². The molecular weight excluding hydrogens is 114 g/mol. The van der Waals surface area contributed by atoms with Crippen LogP contribution in [0.3, 0.4) is 0 Å². The summed E-state index contributed by atoms with van der Waals surface area (Å²) in [6.07, 6.45) is 4.12. The Hall–Kier alpha value is -1.18. The highest BCUT2D eigenvalue weighted by Gasteiger charge is 1.93. The average Bonchev–Trinajstić information content (AvgIpc) is 1.90. The predicted molar refractivity (Wildman–Crippen MR) is 33.1 cm³/mol. The third-order valence-corrected chi connectivity index (χ3v) is 1.03.